The first-order chi connectivity index (χ1) is 12.2. The third kappa shape index (κ3) is 3.79. The highest BCUT2D eigenvalue weighted by atomic mass is 16.1. The first kappa shape index (κ1) is 16.1. The molecule has 0 aliphatic rings. The van der Waals surface area contributed by atoms with E-state index in [2.05, 4.69) is 15.3 Å². The zero-order chi connectivity index (χ0) is 17.6. The number of para-hydroxylation sites is 1. The van der Waals surface area contributed by atoms with Crippen LogP contribution in [-0.2, 0) is 0 Å². The maximum absolute atomic E-state index is 12.2. The molecule has 0 saturated heterocycles. The Kier molecular flexibility index (Phi) is 4.67. The van der Waals surface area contributed by atoms with Gasteiger partial charge in [-0.1, -0.05) is 18.2 Å². The molecule has 0 saturated carbocycles. The van der Waals surface area contributed by atoms with Gasteiger partial charge in [0.1, 0.15) is 0 Å². The molecule has 0 bridgehead atoms. The highest BCUT2D eigenvalue weighted by Gasteiger charge is 2.10. The average Bonchev–Trinajstić information content (AvgIpc) is 2.69. The van der Waals surface area contributed by atoms with E-state index >= 15 is 0 Å². The van der Waals surface area contributed by atoms with Gasteiger partial charge in [-0.05, 0) is 36.4 Å². The van der Waals surface area contributed by atoms with E-state index in [4.69, 9.17) is 5.26 Å². The molecule has 1 aromatic heterocycles. The smallest absolute Gasteiger partial charge is 0.258 e. The lowest BCUT2D eigenvalue weighted by atomic mass is 10.2. The summed E-state index contributed by atoms with van der Waals surface area (Å²) in [7, 11) is 1.86. The predicted octanol–water partition coefficient (Wildman–Crippen LogP) is 3.37. The standard InChI is InChI=1S/C19H15N5O/c1-24(17-5-3-2-4-6-17)19-21-12-15(13-22-19)18(25)23-16-9-7-14(11-20)8-10-16/h2-10,12-13H,1H3,(H,23,25). The monoisotopic (exact) mass is 329 g/mol. The Hall–Kier alpha value is -3.72. The van der Waals surface area contributed by atoms with E-state index < -0.39 is 0 Å². The minimum atomic E-state index is -0.307. The van der Waals surface area contributed by atoms with Gasteiger partial charge in [-0.15, -0.1) is 0 Å². The van der Waals surface area contributed by atoms with Crippen LogP contribution in [0.1, 0.15) is 15.9 Å². The molecule has 0 aliphatic carbocycles. The van der Waals surface area contributed by atoms with Crippen LogP contribution >= 0.6 is 0 Å². The van der Waals surface area contributed by atoms with Crippen LogP contribution in [0.5, 0.6) is 0 Å². The molecule has 0 aliphatic heterocycles. The SMILES string of the molecule is CN(c1ccccc1)c1ncc(C(=O)Nc2ccc(C#N)cc2)cn1. The summed E-state index contributed by atoms with van der Waals surface area (Å²) in [6, 6.07) is 18.4. The number of carbonyl (C=O) groups excluding carboxylic acids is 1. The van der Waals surface area contributed by atoms with Crippen molar-refractivity contribution < 1.29 is 4.79 Å². The van der Waals surface area contributed by atoms with E-state index in [0.717, 1.165) is 5.69 Å². The number of hydrogen-bond donors (Lipinski definition) is 1. The molecule has 25 heavy (non-hydrogen) atoms. The number of aromatic nitrogens is 2. The molecule has 0 fully saturated rings. The molecule has 122 valence electrons. The number of nitrogens with one attached hydrogen (secondary N) is 1. The molecule has 1 heterocycles. The fraction of sp³-hybridized carbons (Fsp3) is 0.0526. The number of anilines is 3. The molecule has 0 spiro atoms. The second kappa shape index (κ2) is 7.23. The van der Waals surface area contributed by atoms with Crippen molar-refractivity contribution in [1.82, 2.24) is 9.97 Å². The van der Waals surface area contributed by atoms with Gasteiger partial charge in [0.2, 0.25) is 5.95 Å². The Morgan fingerprint density at radius 1 is 1.04 bits per heavy atom. The van der Waals surface area contributed by atoms with E-state index in [-0.39, 0.29) is 5.91 Å². The van der Waals surface area contributed by atoms with Gasteiger partial charge in [0.15, 0.2) is 0 Å². The number of nitriles is 1. The molecule has 1 amide bonds. The highest BCUT2D eigenvalue weighted by Crippen LogP contribution is 2.19. The van der Waals surface area contributed by atoms with Crippen molar-refractivity contribution in [1.29, 1.82) is 5.26 Å². The Labute approximate surface area is 145 Å². The van der Waals surface area contributed by atoms with Crippen LogP contribution in [0, 0.1) is 11.3 Å². The highest BCUT2D eigenvalue weighted by molar-refractivity contribution is 6.03. The molecule has 0 unspecified atom stereocenters. The quantitative estimate of drug-likeness (QED) is 0.793. The normalized spacial score (nSPS) is 9.92. The lowest BCUT2D eigenvalue weighted by Crippen LogP contribution is -2.16. The molecule has 2 aromatic carbocycles. The van der Waals surface area contributed by atoms with Crippen molar-refractivity contribution in [3.05, 3.63) is 78.1 Å². The number of rotatable bonds is 4. The Bertz CT molecular complexity index is 899. The van der Waals surface area contributed by atoms with Crippen molar-refractivity contribution >= 4 is 23.2 Å². The first-order valence-electron chi connectivity index (χ1n) is 7.60. The van der Waals surface area contributed by atoms with Crippen molar-refractivity contribution in [2.24, 2.45) is 0 Å². The molecule has 3 aromatic rings. The van der Waals surface area contributed by atoms with Crippen LogP contribution in [0.2, 0.25) is 0 Å². The van der Waals surface area contributed by atoms with Crippen molar-refractivity contribution in [3.8, 4) is 6.07 Å². The van der Waals surface area contributed by atoms with E-state index in [1.165, 1.54) is 12.4 Å². The van der Waals surface area contributed by atoms with Crippen LogP contribution in [-0.4, -0.2) is 22.9 Å². The summed E-state index contributed by atoms with van der Waals surface area (Å²) in [5, 5.41) is 11.5. The Balaban J connectivity index is 1.71. The minimum Gasteiger partial charge on any atom is -0.322 e. The maximum atomic E-state index is 12.2. The van der Waals surface area contributed by atoms with Crippen LogP contribution in [0.15, 0.2) is 67.0 Å². The zero-order valence-corrected chi connectivity index (χ0v) is 13.5. The number of nitrogens with zero attached hydrogens (tertiary/aromatic N) is 4. The molecule has 6 heteroatoms. The summed E-state index contributed by atoms with van der Waals surface area (Å²) in [4.78, 5) is 22.6. The van der Waals surface area contributed by atoms with Crippen molar-refractivity contribution in [2.75, 3.05) is 17.3 Å². The molecule has 3 rings (SSSR count). The van der Waals surface area contributed by atoms with Gasteiger partial charge in [0.25, 0.3) is 5.91 Å². The van der Waals surface area contributed by atoms with Crippen LogP contribution in [0.25, 0.3) is 0 Å². The minimum absolute atomic E-state index is 0.307. The third-order valence-corrected chi connectivity index (χ3v) is 3.62. The summed E-state index contributed by atoms with van der Waals surface area (Å²) >= 11 is 0. The molecular weight excluding hydrogens is 314 g/mol. The number of hydrogen-bond acceptors (Lipinski definition) is 5. The molecule has 6 nitrogen and oxygen atoms in total. The number of carbonyl (C=O) groups is 1. The second-order valence-corrected chi connectivity index (χ2v) is 5.31. The van der Waals surface area contributed by atoms with Crippen molar-refractivity contribution in [2.45, 2.75) is 0 Å². The van der Waals surface area contributed by atoms with E-state index in [1.54, 1.807) is 24.3 Å². The topological polar surface area (TPSA) is 81.9 Å². The van der Waals surface area contributed by atoms with Gasteiger partial charge in [0.05, 0.1) is 17.2 Å². The predicted molar refractivity (Wildman–Crippen MR) is 95.6 cm³/mol. The summed E-state index contributed by atoms with van der Waals surface area (Å²) in [6.07, 6.45) is 2.97. The van der Waals surface area contributed by atoms with E-state index in [1.807, 2.05) is 48.3 Å². The third-order valence-electron chi connectivity index (χ3n) is 3.62. The number of amides is 1. The first-order valence-corrected chi connectivity index (χ1v) is 7.60. The van der Waals surface area contributed by atoms with Gasteiger partial charge in [-0.2, -0.15) is 5.26 Å². The number of benzene rings is 2. The second-order valence-electron chi connectivity index (χ2n) is 5.31. The molecule has 0 radical (unpaired) electrons. The maximum Gasteiger partial charge on any atom is 0.258 e. The summed E-state index contributed by atoms with van der Waals surface area (Å²) < 4.78 is 0. The van der Waals surface area contributed by atoms with Crippen LogP contribution in [0.4, 0.5) is 17.3 Å². The lowest BCUT2D eigenvalue weighted by molar-refractivity contribution is 0.102. The fourth-order valence-electron chi connectivity index (χ4n) is 2.21. The van der Waals surface area contributed by atoms with Gasteiger partial charge < -0.3 is 10.2 Å². The molecule has 1 N–H and O–H groups in total. The lowest BCUT2D eigenvalue weighted by Gasteiger charge is -2.16. The molecule has 0 atom stereocenters. The van der Waals surface area contributed by atoms with Crippen LogP contribution < -0.4 is 10.2 Å². The van der Waals surface area contributed by atoms with Crippen molar-refractivity contribution in [3.63, 3.8) is 0 Å². The van der Waals surface area contributed by atoms with E-state index in [0.29, 0.717) is 22.8 Å². The fourth-order valence-corrected chi connectivity index (χ4v) is 2.21. The van der Waals surface area contributed by atoms with Gasteiger partial charge in [-0.3, -0.25) is 4.79 Å². The Morgan fingerprint density at radius 3 is 2.28 bits per heavy atom. The van der Waals surface area contributed by atoms with E-state index in [9.17, 15) is 4.79 Å². The average molecular weight is 329 g/mol. The van der Waals surface area contributed by atoms with Gasteiger partial charge in [0, 0.05) is 30.8 Å². The van der Waals surface area contributed by atoms with Gasteiger partial charge >= 0.3 is 0 Å². The largest absolute Gasteiger partial charge is 0.322 e. The zero-order valence-electron chi connectivity index (χ0n) is 13.5. The summed E-state index contributed by atoms with van der Waals surface area (Å²) in [6.45, 7) is 0. The van der Waals surface area contributed by atoms with Gasteiger partial charge in [-0.25, -0.2) is 9.97 Å². The Morgan fingerprint density at radius 2 is 1.68 bits per heavy atom. The summed E-state index contributed by atoms with van der Waals surface area (Å²) in [5.41, 5.74) is 2.45. The van der Waals surface area contributed by atoms with Crippen LogP contribution in [0.3, 0.4) is 0 Å². The summed E-state index contributed by atoms with van der Waals surface area (Å²) in [5.74, 6) is 0.194. The molecular formula is C19H15N5O.